The van der Waals surface area contributed by atoms with Crippen LogP contribution >= 0.6 is 11.6 Å². The number of aromatic nitrogens is 2. The van der Waals surface area contributed by atoms with Gasteiger partial charge < -0.3 is 9.42 Å². The van der Waals surface area contributed by atoms with Crippen LogP contribution in [0, 0.1) is 0 Å². The first-order valence-electron chi connectivity index (χ1n) is 6.84. The van der Waals surface area contributed by atoms with Gasteiger partial charge in [0, 0.05) is 24.9 Å². The summed E-state index contributed by atoms with van der Waals surface area (Å²) < 4.78 is 30.2. The van der Waals surface area contributed by atoms with Crippen LogP contribution in [0.2, 0.25) is 0 Å². The number of nitrogens with zero attached hydrogens (tertiary/aromatic N) is 3. The van der Waals surface area contributed by atoms with Gasteiger partial charge in [-0.1, -0.05) is 35.5 Å². The molecule has 0 fully saturated rings. The molecule has 0 aliphatic heterocycles. The monoisotopic (exact) mass is 325 g/mol. The van der Waals surface area contributed by atoms with Crippen LogP contribution in [0.3, 0.4) is 0 Å². The maximum absolute atomic E-state index is 12.9. The van der Waals surface area contributed by atoms with Crippen molar-refractivity contribution in [3.63, 3.8) is 0 Å². The molecule has 1 aromatic carbocycles. The minimum atomic E-state index is -3.65. The van der Waals surface area contributed by atoms with Gasteiger partial charge in [0.15, 0.2) is 0 Å². The molecule has 0 amide bonds. The standard InChI is InChI=1S/C15H14ClF2N3O/c1-21(12-3-2-4-12)9-10-5-7-11(8-6-10)13-19-14(22-20-13)15(16,17)18/h3,5-8H,2,4,9H2,1H3. The molecular formula is C15H14ClF2N3O. The molecule has 3 rings (SSSR count). The van der Waals surface area contributed by atoms with Crippen LogP contribution in [0.5, 0.6) is 0 Å². The molecule has 0 saturated heterocycles. The maximum Gasteiger partial charge on any atom is 0.400 e. The van der Waals surface area contributed by atoms with Gasteiger partial charge in [0.2, 0.25) is 5.82 Å². The van der Waals surface area contributed by atoms with Gasteiger partial charge in [-0.2, -0.15) is 13.8 Å². The summed E-state index contributed by atoms with van der Waals surface area (Å²) in [6, 6.07) is 7.39. The number of alkyl halides is 3. The van der Waals surface area contributed by atoms with Crippen molar-refractivity contribution in [2.45, 2.75) is 24.8 Å². The first-order chi connectivity index (χ1) is 10.4. The Morgan fingerprint density at radius 3 is 2.50 bits per heavy atom. The summed E-state index contributed by atoms with van der Waals surface area (Å²) in [5, 5.41) is -0.124. The van der Waals surface area contributed by atoms with E-state index in [2.05, 4.69) is 25.6 Å². The molecule has 0 N–H and O–H groups in total. The predicted molar refractivity (Wildman–Crippen MR) is 78.3 cm³/mol. The second-order valence-corrected chi connectivity index (χ2v) is 5.68. The van der Waals surface area contributed by atoms with Gasteiger partial charge in [0.05, 0.1) is 0 Å². The Kier molecular flexibility index (Phi) is 3.87. The zero-order chi connectivity index (χ0) is 15.7. The predicted octanol–water partition coefficient (Wildman–Crippen LogP) is 4.13. The number of hydrogen-bond acceptors (Lipinski definition) is 4. The average molecular weight is 326 g/mol. The molecule has 1 aliphatic carbocycles. The van der Waals surface area contributed by atoms with E-state index in [0.717, 1.165) is 24.9 Å². The summed E-state index contributed by atoms with van der Waals surface area (Å²) in [6.07, 6.45) is 4.47. The third-order valence-corrected chi connectivity index (χ3v) is 3.73. The topological polar surface area (TPSA) is 42.2 Å². The van der Waals surface area contributed by atoms with E-state index in [1.54, 1.807) is 12.1 Å². The van der Waals surface area contributed by atoms with Crippen LogP contribution in [0.1, 0.15) is 24.3 Å². The molecule has 4 nitrogen and oxygen atoms in total. The zero-order valence-corrected chi connectivity index (χ0v) is 12.6. The number of hydrogen-bond donors (Lipinski definition) is 0. The molecular weight excluding hydrogens is 312 g/mol. The van der Waals surface area contributed by atoms with Crippen molar-refractivity contribution in [1.29, 1.82) is 0 Å². The lowest BCUT2D eigenvalue weighted by Crippen LogP contribution is -2.20. The summed E-state index contributed by atoms with van der Waals surface area (Å²) >= 11 is 4.85. The first kappa shape index (κ1) is 15.0. The lowest BCUT2D eigenvalue weighted by molar-refractivity contribution is 0.0551. The van der Waals surface area contributed by atoms with E-state index >= 15 is 0 Å². The number of benzene rings is 1. The normalized spacial score (nSPS) is 14.5. The summed E-state index contributed by atoms with van der Waals surface area (Å²) in [7, 11) is 2.05. The van der Waals surface area contributed by atoms with Gasteiger partial charge in [0.1, 0.15) is 0 Å². The number of allylic oxidation sites excluding steroid dienone is 2. The third kappa shape index (κ3) is 3.11. The third-order valence-electron chi connectivity index (χ3n) is 3.57. The molecule has 2 aromatic rings. The largest absolute Gasteiger partial charge is 0.400 e. The highest BCUT2D eigenvalue weighted by Crippen LogP contribution is 2.32. The van der Waals surface area contributed by atoms with Gasteiger partial charge in [-0.3, -0.25) is 0 Å². The van der Waals surface area contributed by atoms with Gasteiger partial charge in [0.25, 0.3) is 0 Å². The minimum absolute atomic E-state index is 0.0944. The van der Waals surface area contributed by atoms with Crippen molar-refractivity contribution < 1.29 is 13.3 Å². The van der Waals surface area contributed by atoms with Gasteiger partial charge in [-0.15, -0.1) is 0 Å². The SMILES string of the molecule is CN(Cc1ccc(-c2noc(C(F)(F)Cl)n2)cc1)C1=CCC1. The van der Waals surface area contributed by atoms with E-state index in [1.807, 2.05) is 19.2 Å². The van der Waals surface area contributed by atoms with E-state index in [9.17, 15) is 8.78 Å². The molecule has 0 atom stereocenters. The fraction of sp³-hybridized carbons (Fsp3) is 0.333. The van der Waals surface area contributed by atoms with E-state index < -0.39 is 11.3 Å². The molecule has 0 unspecified atom stereocenters. The summed E-state index contributed by atoms with van der Waals surface area (Å²) in [4.78, 5) is 5.81. The molecule has 0 spiro atoms. The molecule has 0 saturated carbocycles. The Morgan fingerprint density at radius 2 is 2.00 bits per heavy atom. The average Bonchev–Trinajstić information content (AvgIpc) is 2.86. The van der Waals surface area contributed by atoms with Crippen LogP contribution in [-0.4, -0.2) is 22.1 Å². The van der Waals surface area contributed by atoms with Crippen LogP contribution < -0.4 is 0 Å². The Balaban J connectivity index is 1.72. The van der Waals surface area contributed by atoms with Crippen molar-refractivity contribution in [2.24, 2.45) is 0 Å². The number of halogens is 3. The van der Waals surface area contributed by atoms with Crippen LogP contribution in [0.4, 0.5) is 8.78 Å². The summed E-state index contributed by atoms with van der Waals surface area (Å²) in [5.74, 6) is -0.804. The van der Waals surface area contributed by atoms with Crippen molar-refractivity contribution in [3.05, 3.63) is 47.5 Å². The molecule has 1 aliphatic rings. The highest BCUT2D eigenvalue weighted by atomic mass is 35.5. The second-order valence-electron chi connectivity index (χ2n) is 5.21. The van der Waals surface area contributed by atoms with Gasteiger partial charge >= 0.3 is 11.3 Å². The number of rotatable bonds is 5. The van der Waals surface area contributed by atoms with Gasteiger partial charge in [-0.05, 0) is 30.0 Å². The van der Waals surface area contributed by atoms with E-state index in [0.29, 0.717) is 5.56 Å². The van der Waals surface area contributed by atoms with E-state index in [-0.39, 0.29) is 5.82 Å². The van der Waals surface area contributed by atoms with Crippen LogP contribution in [0.25, 0.3) is 11.4 Å². The molecule has 1 heterocycles. The highest BCUT2D eigenvalue weighted by Gasteiger charge is 2.35. The maximum atomic E-state index is 12.9. The molecule has 0 bridgehead atoms. The van der Waals surface area contributed by atoms with Crippen molar-refractivity contribution >= 4 is 11.6 Å². The Labute approximate surface area is 131 Å². The Bertz CT molecular complexity index is 692. The lowest BCUT2D eigenvalue weighted by atomic mass is 10.0. The van der Waals surface area contributed by atoms with Crippen molar-refractivity contribution in [3.8, 4) is 11.4 Å². The molecule has 116 valence electrons. The molecule has 1 aromatic heterocycles. The first-order valence-corrected chi connectivity index (χ1v) is 7.21. The van der Waals surface area contributed by atoms with E-state index in [1.165, 1.54) is 5.70 Å². The molecule has 7 heteroatoms. The molecule has 0 radical (unpaired) electrons. The fourth-order valence-electron chi connectivity index (χ4n) is 2.21. The quantitative estimate of drug-likeness (QED) is 0.775. The Hall–Kier alpha value is -1.95. The highest BCUT2D eigenvalue weighted by molar-refractivity contribution is 6.21. The fourth-order valence-corrected chi connectivity index (χ4v) is 2.29. The van der Waals surface area contributed by atoms with Crippen LogP contribution in [0.15, 0.2) is 40.6 Å². The van der Waals surface area contributed by atoms with E-state index in [4.69, 9.17) is 11.6 Å². The minimum Gasteiger partial charge on any atom is -0.374 e. The molecule has 22 heavy (non-hydrogen) atoms. The van der Waals surface area contributed by atoms with Crippen molar-refractivity contribution in [2.75, 3.05) is 7.05 Å². The van der Waals surface area contributed by atoms with Crippen LogP contribution in [-0.2, 0) is 11.9 Å². The summed E-state index contributed by atoms with van der Waals surface area (Å²) in [5.41, 5.74) is 3.06. The van der Waals surface area contributed by atoms with Gasteiger partial charge in [-0.25, -0.2) is 0 Å². The zero-order valence-electron chi connectivity index (χ0n) is 11.9. The smallest absolute Gasteiger partial charge is 0.374 e. The Morgan fingerprint density at radius 1 is 1.32 bits per heavy atom. The lowest BCUT2D eigenvalue weighted by Gasteiger charge is -2.27. The summed E-state index contributed by atoms with van der Waals surface area (Å²) in [6.45, 7) is 0.795. The second kappa shape index (κ2) is 5.68. The van der Waals surface area contributed by atoms with Crippen molar-refractivity contribution in [1.82, 2.24) is 15.0 Å².